The molecule has 0 radical (unpaired) electrons. The van der Waals surface area contributed by atoms with Gasteiger partial charge in [0.2, 0.25) is 0 Å². The summed E-state index contributed by atoms with van der Waals surface area (Å²) in [5.41, 5.74) is 2.19. The summed E-state index contributed by atoms with van der Waals surface area (Å²) >= 11 is 0. The standard InChI is InChI=1S/C19H27NO4S/c1-14-9-15(2)11-18(10-14)24-12-19(21)20(16-5-3-4-6-16)17-7-8-25(22,23)13-17/h9-11,16-17H,3-8,12-13H2,1-2H3/t17-/m1/s1. The summed E-state index contributed by atoms with van der Waals surface area (Å²) in [5, 5.41) is 0. The highest BCUT2D eigenvalue weighted by atomic mass is 32.2. The van der Waals surface area contributed by atoms with E-state index in [2.05, 4.69) is 6.07 Å². The molecule has 1 aliphatic carbocycles. The number of sulfone groups is 1. The average Bonchev–Trinajstić information content (AvgIpc) is 3.15. The average molecular weight is 365 g/mol. The van der Waals surface area contributed by atoms with Gasteiger partial charge >= 0.3 is 0 Å². The zero-order valence-corrected chi connectivity index (χ0v) is 15.8. The molecule has 3 rings (SSSR count). The zero-order valence-electron chi connectivity index (χ0n) is 15.0. The highest BCUT2D eigenvalue weighted by molar-refractivity contribution is 7.91. The van der Waals surface area contributed by atoms with Crippen molar-refractivity contribution in [1.82, 2.24) is 4.90 Å². The Bertz CT molecular complexity index is 718. The van der Waals surface area contributed by atoms with Gasteiger partial charge in [0, 0.05) is 12.1 Å². The molecule has 2 aliphatic rings. The van der Waals surface area contributed by atoms with E-state index in [0.29, 0.717) is 12.2 Å². The summed E-state index contributed by atoms with van der Waals surface area (Å²) in [6, 6.07) is 5.86. The Balaban J connectivity index is 1.70. The van der Waals surface area contributed by atoms with Crippen LogP contribution in [0.5, 0.6) is 5.75 Å². The van der Waals surface area contributed by atoms with Crippen molar-refractivity contribution in [3.63, 3.8) is 0 Å². The van der Waals surface area contributed by atoms with Gasteiger partial charge < -0.3 is 9.64 Å². The molecule has 0 spiro atoms. The van der Waals surface area contributed by atoms with E-state index in [4.69, 9.17) is 4.74 Å². The molecule has 1 aliphatic heterocycles. The van der Waals surface area contributed by atoms with Gasteiger partial charge in [-0.15, -0.1) is 0 Å². The van der Waals surface area contributed by atoms with E-state index in [1.807, 2.05) is 30.9 Å². The lowest BCUT2D eigenvalue weighted by atomic mass is 10.1. The van der Waals surface area contributed by atoms with E-state index < -0.39 is 9.84 Å². The van der Waals surface area contributed by atoms with Gasteiger partial charge in [-0.05, 0) is 56.4 Å². The minimum absolute atomic E-state index is 0.0318. The molecule has 1 amide bonds. The number of aryl methyl sites for hydroxylation is 2. The Labute approximate surface area is 150 Å². The first-order chi connectivity index (χ1) is 11.8. The topological polar surface area (TPSA) is 63.7 Å². The summed E-state index contributed by atoms with van der Waals surface area (Å²) in [5.74, 6) is 0.884. The van der Waals surface area contributed by atoms with Gasteiger partial charge in [-0.2, -0.15) is 0 Å². The summed E-state index contributed by atoms with van der Waals surface area (Å²) in [6.45, 7) is 3.96. The van der Waals surface area contributed by atoms with Crippen LogP contribution in [-0.4, -0.2) is 49.4 Å². The number of hydrogen-bond acceptors (Lipinski definition) is 4. The van der Waals surface area contributed by atoms with Crippen molar-refractivity contribution < 1.29 is 17.9 Å². The molecule has 1 aromatic carbocycles. The maximum absolute atomic E-state index is 12.9. The van der Waals surface area contributed by atoms with Crippen molar-refractivity contribution in [1.29, 1.82) is 0 Å². The zero-order chi connectivity index (χ0) is 18.0. The third-order valence-corrected chi connectivity index (χ3v) is 6.92. The van der Waals surface area contributed by atoms with Crippen LogP contribution >= 0.6 is 0 Å². The van der Waals surface area contributed by atoms with Gasteiger partial charge in [-0.1, -0.05) is 18.9 Å². The lowest BCUT2D eigenvalue weighted by molar-refractivity contribution is -0.137. The van der Waals surface area contributed by atoms with Gasteiger partial charge in [-0.3, -0.25) is 4.79 Å². The van der Waals surface area contributed by atoms with E-state index in [0.717, 1.165) is 36.8 Å². The quantitative estimate of drug-likeness (QED) is 0.805. The molecule has 0 N–H and O–H groups in total. The van der Waals surface area contributed by atoms with Crippen LogP contribution in [0.2, 0.25) is 0 Å². The van der Waals surface area contributed by atoms with Crippen molar-refractivity contribution in [3.05, 3.63) is 29.3 Å². The second kappa shape index (κ2) is 7.36. The third-order valence-electron chi connectivity index (χ3n) is 5.17. The molecule has 2 fully saturated rings. The van der Waals surface area contributed by atoms with E-state index >= 15 is 0 Å². The van der Waals surface area contributed by atoms with Crippen LogP contribution in [0.3, 0.4) is 0 Å². The first-order valence-electron chi connectivity index (χ1n) is 9.07. The smallest absolute Gasteiger partial charge is 0.261 e. The Morgan fingerprint density at radius 2 is 1.72 bits per heavy atom. The Morgan fingerprint density at radius 3 is 2.28 bits per heavy atom. The maximum atomic E-state index is 12.9. The summed E-state index contributed by atoms with van der Waals surface area (Å²) < 4.78 is 29.5. The molecule has 1 saturated heterocycles. The van der Waals surface area contributed by atoms with Crippen molar-refractivity contribution in [2.75, 3.05) is 18.1 Å². The molecule has 5 nitrogen and oxygen atoms in total. The van der Waals surface area contributed by atoms with Crippen molar-refractivity contribution in [2.24, 2.45) is 0 Å². The van der Waals surface area contributed by atoms with Gasteiger partial charge in [0.1, 0.15) is 5.75 Å². The number of carbonyl (C=O) groups is 1. The van der Waals surface area contributed by atoms with Crippen molar-refractivity contribution in [3.8, 4) is 5.75 Å². The van der Waals surface area contributed by atoms with Gasteiger partial charge in [-0.25, -0.2) is 8.42 Å². The number of nitrogens with zero attached hydrogens (tertiary/aromatic N) is 1. The van der Waals surface area contributed by atoms with Crippen molar-refractivity contribution >= 4 is 15.7 Å². The van der Waals surface area contributed by atoms with Crippen LogP contribution in [0.15, 0.2) is 18.2 Å². The molecule has 0 bridgehead atoms. The second-order valence-corrected chi connectivity index (χ2v) is 9.64. The normalized spacial score (nSPS) is 22.9. The van der Waals surface area contributed by atoms with Gasteiger partial charge in [0.15, 0.2) is 16.4 Å². The van der Waals surface area contributed by atoms with Crippen LogP contribution in [-0.2, 0) is 14.6 Å². The minimum Gasteiger partial charge on any atom is -0.484 e. The lowest BCUT2D eigenvalue weighted by Crippen LogP contribution is -2.48. The van der Waals surface area contributed by atoms with Crippen LogP contribution in [0.1, 0.15) is 43.2 Å². The number of benzene rings is 1. The molecule has 0 unspecified atom stereocenters. The van der Waals surface area contributed by atoms with Crippen LogP contribution < -0.4 is 4.74 Å². The summed E-state index contributed by atoms with van der Waals surface area (Å²) in [6.07, 6.45) is 4.68. The highest BCUT2D eigenvalue weighted by Crippen LogP contribution is 2.29. The number of carbonyl (C=O) groups excluding carboxylic acids is 1. The molecule has 138 valence electrons. The van der Waals surface area contributed by atoms with E-state index in [9.17, 15) is 13.2 Å². The summed E-state index contributed by atoms with van der Waals surface area (Å²) in [4.78, 5) is 14.7. The number of rotatable bonds is 5. The minimum atomic E-state index is -3.02. The maximum Gasteiger partial charge on any atom is 0.261 e. The predicted octanol–water partition coefficient (Wildman–Crippen LogP) is 2.64. The fourth-order valence-electron chi connectivity index (χ4n) is 4.12. The Morgan fingerprint density at radius 1 is 1.08 bits per heavy atom. The molecule has 1 saturated carbocycles. The molecule has 1 atom stereocenters. The molecular formula is C19H27NO4S. The molecule has 6 heteroatoms. The monoisotopic (exact) mass is 365 g/mol. The molecule has 0 aromatic heterocycles. The van der Waals surface area contributed by atoms with Crippen LogP contribution in [0.4, 0.5) is 0 Å². The molecular weight excluding hydrogens is 338 g/mol. The summed E-state index contributed by atoms with van der Waals surface area (Å²) in [7, 11) is -3.02. The van der Waals surface area contributed by atoms with Crippen molar-refractivity contribution in [2.45, 2.75) is 58.0 Å². The predicted molar refractivity (Wildman–Crippen MR) is 97.6 cm³/mol. The number of hydrogen-bond donors (Lipinski definition) is 0. The first kappa shape index (κ1) is 18.2. The van der Waals surface area contributed by atoms with Gasteiger partial charge in [0.05, 0.1) is 11.5 Å². The van der Waals surface area contributed by atoms with E-state index in [1.165, 1.54) is 0 Å². The fourth-order valence-corrected chi connectivity index (χ4v) is 5.83. The lowest BCUT2D eigenvalue weighted by Gasteiger charge is -2.34. The molecule has 25 heavy (non-hydrogen) atoms. The fraction of sp³-hybridized carbons (Fsp3) is 0.632. The number of amides is 1. The second-order valence-electron chi connectivity index (χ2n) is 7.41. The van der Waals surface area contributed by atoms with Crippen LogP contribution in [0.25, 0.3) is 0 Å². The largest absolute Gasteiger partial charge is 0.484 e. The number of ether oxygens (including phenoxy) is 1. The Kier molecular flexibility index (Phi) is 5.37. The first-order valence-corrected chi connectivity index (χ1v) is 10.9. The SMILES string of the molecule is Cc1cc(C)cc(OCC(=O)N(C2CCCC2)[C@@H]2CCS(=O)(=O)C2)c1. The highest BCUT2D eigenvalue weighted by Gasteiger charge is 2.39. The van der Waals surface area contributed by atoms with E-state index in [-0.39, 0.29) is 36.1 Å². The third kappa shape index (κ3) is 4.54. The molecule has 1 aromatic rings. The van der Waals surface area contributed by atoms with Crippen LogP contribution in [0, 0.1) is 13.8 Å². The Hall–Kier alpha value is -1.56. The molecule has 1 heterocycles. The van der Waals surface area contributed by atoms with Gasteiger partial charge in [0.25, 0.3) is 5.91 Å². The van der Waals surface area contributed by atoms with E-state index in [1.54, 1.807) is 0 Å².